The number of pyridine rings is 1. The first kappa shape index (κ1) is 23.1. The van der Waals surface area contributed by atoms with Gasteiger partial charge in [-0.1, -0.05) is 24.3 Å². The molecule has 0 bridgehead atoms. The van der Waals surface area contributed by atoms with Gasteiger partial charge in [0.15, 0.2) is 23.1 Å². The number of aromatic nitrogens is 1. The zero-order chi connectivity index (χ0) is 26.5. The van der Waals surface area contributed by atoms with Gasteiger partial charge in [0.2, 0.25) is 5.43 Å². The summed E-state index contributed by atoms with van der Waals surface area (Å²) < 4.78 is 67.4. The third-order valence-electron chi connectivity index (χ3n) is 7.80. The molecular formula is C26H20F4N4O4. The van der Waals surface area contributed by atoms with Crippen molar-refractivity contribution in [3.8, 4) is 5.75 Å². The zero-order valence-electron chi connectivity index (χ0n) is 19.7. The van der Waals surface area contributed by atoms with Crippen LogP contribution in [0.3, 0.4) is 0 Å². The minimum absolute atomic E-state index is 0.0163. The standard InChI is InChI=1S/C26H20F4N4O4/c27-17-5-4-14-16(20(17)28)11-32-21-13(10-26(32,29)30)2-1-3-15(21)22(14)34-19-12-38-9-8-31(19)25(37)23-24(36)18(35)6-7-33(23)34/h1-7,19,22,36H,8-12H2. The molecule has 196 valence electrons. The van der Waals surface area contributed by atoms with Crippen molar-refractivity contribution in [1.82, 2.24) is 9.58 Å². The molecule has 2 unspecified atom stereocenters. The molecule has 2 atom stereocenters. The Hall–Kier alpha value is -4.06. The maximum atomic E-state index is 15.4. The Morgan fingerprint density at radius 1 is 1.05 bits per heavy atom. The van der Waals surface area contributed by atoms with E-state index in [9.17, 15) is 19.1 Å². The van der Waals surface area contributed by atoms with Crippen molar-refractivity contribution in [3.05, 3.63) is 92.4 Å². The number of aromatic hydroxyl groups is 1. The number of carbonyl (C=O) groups is 1. The molecule has 3 aromatic rings. The average Bonchev–Trinajstić information content (AvgIpc) is 3.05. The van der Waals surface area contributed by atoms with E-state index in [2.05, 4.69) is 0 Å². The van der Waals surface area contributed by atoms with Gasteiger partial charge < -0.3 is 19.6 Å². The molecule has 38 heavy (non-hydrogen) atoms. The predicted octanol–water partition coefficient (Wildman–Crippen LogP) is 2.84. The van der Waals surface area contributed by atoms with Crippen LogP contribution in [0.1, 0.15) is 38.8 Å². The number of ether oxygens (including phenoxy) is 1. The highest BCUT2D eigenvalue weighted by Crippen LogP contribution is 2.51. The number of carbonyl (C=O) groups excluding carboxylic acids is 1. The smallest absolute Gasteiger partial charge is 0.330 e. The van der Waals surface area contributed by atoms with E-state index in [4.69, 9.17) is 4.74 Å². The van der Waals surface area contributed by atoms with E-state index in [-0.39, 0.29) is 42.3 Å². The van der Waals surface area contributed by atoms with Gasteiger partial charge in [0, 0.05) is 29.9 Å². The molecule has 0 spiro atoms. The van der Waals surface area contributed by atoms with Crippen molar-refractivity contribution < 1.29 is 32.2 Å². The van der Waals surface area contributed by atoms with Gasteiger partial charge in [-0.05, 0) is 17.2 Å². The Bertz CT molecular complexity index is 1590. The molecule has 7 rings (SSSR count). The molecule has 4 aliphatic rings. The second-order valence-corrected chi connectivity index (χ2v) is 9.77. The molecule has 1 aromatic heterocycles. The molecule has 5 heterocycles. The van der Waals surface area contributed by atoms with Crippen molar-refractivity contribution in [1.29, 1.82) is 0 Å². The average molecular weight is 528 g/mol. The lowest BCUT2D eigenvalue weighted by Crippen LogP contribution is -2.66. The Morgan fingerprint density at radius 2 is 1.87 bits per heavy atom. The molecule has 0 saturated carbocycles. The number of anilines is 1. The summed E-state index contributed by atoms with van der Waals surface area (Å²) in [7, 11) is 0. The number of amides is 1. The second kappa shape index (κ2) is 7.73. The lowest BCUT2D eigenvalue weighted by molar-refractivity contribution is -0.0196. The fourth-order valence-electron chi connectivity index (χ4n) is 6.15. The number of fused-ring (bicyclic) bond motifs is 3. The van der Waals surface area contributed by atoms with Gasteiger partial charge in [-0.15, -0.1) is 0 Å². The Kier molecular flexibility index (Phi) is 4.70. The fourth-order valence-corrected chi connectivity index (χ4v) is 6.15. The number of hydrogen-bond donors (Lipinski definition) is 1. The van der Waals surface area contributed by atoms with E-state index < -0.39 is 59.9 Å². The lowest BCUT2D eigenvalue weighted by atomic mass is 9.91. The number of morpholine rings is 1. The molecule has 1 amide bonds. The van der Waals surface area contributed by atoms with Crippen LogP contribution >= 0.6 is 0 Å². The number of hydrogen-bond acceptors (Lipinski definition) is 6. The van der Waals surface area contributed by atoms with Crippen LogP contribution in [0.25, 0.3) is 0 Å². The fraction of sp³-hybridized carbons (Fsp3) is 0.308. The summed E-state index contributed by atoms with van der Waals surface area (Å²) in [6.45, 7) is -0.221. The summed E-state index contributed by atoms with van der Waals surface area (Å²) in [4.78, 5) is 28.0. The third kappa shape index (κ3) is 2.94. The summed E-state index contributed by atoms with van der Waals surface area (Å²) >= 11 is 0. The van der Waals surface area contributed by atoms with E-state index in [1.54, 1.807) is 23.2 Å². The molecule has 1 saturated heterocycles. The van der Waals surface area contributed by atoms with Crippen LogP contribution in [-0.2, 0) is 17.7 Å². The topological polar surface area (TPSA) is 78.2 Å². The number of rotatable bonds is 1. The van der Waals surface area contributed by atoms with Crippen LogP contribution in [0, 0.1) is 11.6 Å². The number of alkyl halides is 2. The Morgan fingerprint density at radius 3 is 2.68 bits per heavy atom. The second-order valence-electron chi connectivity index (χ2n) is 9.77. The summed E-state index contributed by atoms with van der Waals surface area (Å²) in [6, 6.07) is 3.85. The largest absolute Gasteiger partial charge is 0.502 e. The maximum Gasteiger partial charge on any atom is 0.330 e. The molecule has 0 aliphatic carbocycles. The van der Waals surface area contributed by atoms with E-state index in [1.807, 2.05) is 0 Å². The van der Waals surface area contributed by atoms with Gasteiger partial charge in [0.1, 0.15) is 12.2 Å². The maximum absolute atomic E-state index is 15.4. The van der Waals surface area contributed by atoms with Crippen LogP contribution in [-0.4, -0.2) is 52.6 Å². The number of nitrogens with zero attached hydrogens (tertiary/aromatic N) is 4. The molecule has 0 radical (unpaired) electrons. The quantitative estimate of drug-likeness (QED) is 0.387. The van der Waals surface area contributed by atoms with Gasteiger partial charge in [0.05, 0.1) is 31.9 Å². The minimum atomic E-state index is -3.35. The third-order valence-corrected chi connectivity index (χ3v) is 7.80. The summed E-state index contributed by atoms with van der Waals surface area (Å²) in [5.41, 5.74) is -0.175. The Labute approximate surface area is 212 Å². The molecule has 12 heteroatoms. The van der Waals surface area contributed by atoms with Gasteiger partial charge in [-0.2, -0.15) is 8.78 Å². The first-order valence-corrected chi connectivity index (χ1v) is 12.0. The summed E-state index contributed by atoms with van der Waals surface area (Å²) in [5, 5.41) is 12.3. The van der Waals surface area contributed by atoms with Crippen molar-refractivity contribution in [3.63, 3.8) is 0 Å². The van der Waals surface area contributed by atoms with E-state index in [0.717, 1.165) is 17.0 Å². The van der Waals surface area contributed by atoms with E-state index in [0.29, 0.717) is 11.1 Å². The highest BCUT2D eigenvalue weighted by Gasteiger charge is 2.52. The van der Waals surface area contributed by atoms with Gasteiger partial charge in [-0.25, -0.2) is 8.78 Å². The van der Waals surface area contributed by atoms with Gasteiger partial charge >= 0.3 is 6.05 Å². The van der Waals surface area contributed by atoms with Crippen molar-refractivity contribution in [2.75, 3.05) is 29.7 Å². The molecule has 1 fully saturated rings. The first-order valence-electron chi connectivity index (χ1n) is 12.0. The summed E-state index contributed by atoms with van der Waals surface area (Å²) in [5.74, 6) is -3.78. The number of halogens is 4. The highest BCUT2D eigenvalue weighted by molar-refractivity contribution is 5.96. The van der Waals surface area contributed by atoms with Crippen molar-refractivity contribution >= 4 is 11.6 Å². The first-order chi connectivity index (χ1) is 18.2. The van der Waals surface area contributed by atoms with E-state index in [1.165, 1.54) is 21.8 Å². The lowest BCUT2D eigenvalue weighted by Gasteiger charge is -2.51. The predicted molar refractivity (Wildman–Crippen MR) is 126 cm³/mol. The van der Waals surface area contributed by atoms with E-state index >= 15 is 13.2 Å². The summed E-state index contributed by atoms with van der Waals surface area (Å²) in [6.07, 6.45) is -0.0987. The van der Waals surface area contributed by atoms with Gasteiger partial charge in [-0.3, -0.25) is 19.3 Å². The molecular weight excluding hydrogens is 508 g/mol. The highest BCUT2D eigenvalue weighted by atomic mass is 19.3. The molecule has 2 aromatic carbocycles. The normalized spacial score (nSPS) is 22.9. The van der Waals surface area contributed by atoms with Crippen LogP contribution < -0.4 is 15.3 Å². The van der Waals surface area contributed by atoms with Crippen LogP contribution in [0.15, 0.2) is 47.4 Å². The van der Waals surface area contributed by atoms with Gasteiger partial charge in [0.25, 0.3) is 5.91 Å². The number of para-hydroxylation sites is 1. The Balaban J connectivity index is 1.57. The monoisotopic (exact) mass is 528 g/mol. The molecule has 8 nitrogen and oxygen atoms in total. The van der Waals surface area contributed by atoms with Crippen LogP contribution in [0.4, 0.5) is 23.2 Å². The van der Waals surface area contributed by atoms with Crippen LogP contribution in [0.2, 0.25) is 0 Å². The molecule has 4 aliphatic heterocycles. The molecule has 1 N–H and O–H groups in total. The minimum Gasteiger partial charge on any atom is -0.502 e. The van der Waals surface area contributed by atoms with Crippen molar-refractivity contribution in [2.45, 2.75) is 31.2 Å². The SMILES string of the molecule is O=C1c2c(O)c(=O)ccn2N(C2c3ccc(F)c(F)c3CN3c4c(cccc42)CC3(F)F)C2COCCN12. The van der Waals surface area contributed by atoms with Crippen LogP contribution in [0.5, 0.6) is 5.75 Å². The zero-order valence-corrected chi connectivity index (χ0v) is 19.7. The number of benzene rings is 2. The van der Waals surface area contributed by atoms with Crippen molar-refractivity contribution in [2.24, 2.45) is 0 Å².